The number of furan rings is 1. The van der Waals surface area contributed by atoms with Crippen LogP contribution >= 0.6 is 0 Å². The van der Waals surface area contributed by atoms with Crippen molar-refractivity contribution in [3.05, 3.63) is 231 Å². The summed E-state index contributed by atoms with van der Waals surface area (Å²) in [5, 5.41) is 15.6. The number of benzene rings is 11. The highest BCUT2D eigenvalue weighted by molar-refractivity contribution is 6.28. The minimum absolute atomic E-state index is 0.877. The van der Waals surface area contributed by atoms with Gasteiger partial charge in [0.25, 0.3) is 0 Å². The molecule has 0 radical (unpaired) electrons. The van der Waals surface area contributed by atoms with Gasteiger partial charge >= 0.3 is 0 Å². The van der Waals surface area contributed by atoms with Gasteiger partial charge in [-0.25, -0.2) is 0 Å². The van der Waals surface area contributed by atoms with Crippen LogP contribution in [0.3, 0.4) is 0 Å². The van der Waals surface area contributed by atoms with Crippen LogP contribution in [0.1, 0.15) is 0 Å². The zero-order chi connectivity index (χ0) is 44.9. The van der Waals surface area contributed by atoms with E-state index in [1.165, 1.54) is 92.2 Å². The Bertz CT molecular complexity index is 4860. The Balaban J connectivity index is 1.01. The molecule has 0 unspecified atom stereocenters. The highest BCUT2D eigenvalue weighted by Gasteiger charge is 2.25. The molecular weight excluding hydrogens is 841 g/mol. The van der Waals surface area contributed by atoms with Crippen LogP contribution < -0.4 is 0 Å². The summed E-state index contributed by atoms with van der Waals surface area (Å²) in [6, 6.07) is 82.5. The summed E-state index contributed by atoms with van der Waals surface area (Å²) in [7, 11) is 0. The van der Waals surface area contributed by atoms with Gasteiger partial charge < -0.3 is 22.7 Å². The number of para-hydroxylation sites is 5. The Labute approximate surface area is 394 Å². The van der Waals surface area contributed by atoms with Crippen molar-refractivity contribution >= 4 is 120 Å². The largest absolute Gasteiger partial charge is 0.462 e. The van der Waals surface area contributed by atoms with Gasteiger partial charge in [-0.05, 0) is 77.5 Å². The van der Waals surface area contributed by atoms with E-state index < -0.39 is 0 Å². The maximum absolute atomic E-state index is 6.24. The van der Waals surface area contributed by atoms with Crippen molar-refractivity contribution in [3.8, 4) is 22.7 Å². The number of aromatic nitrogens is 4. The summed E-state index contributed by atoms with van der Waals surface area (Å²) in [4.78, 5) is 0. The Morgan fingerprint density at radius 3 is 1.43 bits per heavy atom. The van der Waals surface area contributed by atoms with Crippen LogP contribution in [0, 0.1) is 0 Å². The van der Waals surface area contributed by atoms with Crippen molar-refractivity contribution in [2.75, 3.05) is 0 Å². The highest BCUT2D eigenvalue weighted by Crippen LogP contribution is 2.46. The summed E-state index contributed by atoms with van der Waals surface area (Å²) >= 11 is 0. The minimum atomic E-state index is 0.877. The van der Waals surface area contributed by atoms with Crippen LogP contribution in [0.2, 0.25) is 0 Å². The molecule has 16 rings (SSSR count). The molecule has 0 saturated heterocycles. The Morgan fingerprint density at radius 2 is 0.754 bits per heavy atom. The summed E-state index contributed by atoms with van der Waals surface area (Å²) in [6.45, 7) is 0. The first-order valence-corrected chi connectivity index (χ1v) is 23.7. The molecule has 0 fully saturated rings. The van der Waals surface area contributed by atoms with Gasteiger partial charge in [-0.1, -0.05) is 158 Å². The van der Waals surface area contributed by atoms with Gasteiger partial charge in [-0.3, -0.25) is 0 Å². The normalized spacial score (nSPS) is 12.3. The molecule has 0 atom stereocenters. The first-order chi connectivity index (χ1) is 34.3. The molecule has 0 bridgehead atoms. The molecule has 0 aliphatic carbocycles. The molecule has 16 aromatic rings. The molecule has 5 heteroatoms. The quantitative estimate of drug-likeness (QED) is 0.173. The van der Waals surface area contributed by atoms with Crippen molar-refractivity contribution in [2.24, 2.45) is 0 Å². The maximum atomic E-state index is 6.24. The topological polar surface area (TPSA) is 32.9 Å². The Kier molecular flexibility index (Phi) is 7.28. The molecule has 69 heavy (non-hydrogen) atoms. The van der Waals surface area contributed by atoms with Gasteiger partial charge in [0.2, 0.25) is 0 Å². The van der Waals surface area contributed by atoms with Gasteiger partial charge in [-0.2, -0.15) is 0 Å². The second-order valence-electron chi connectivity index (χ2n) is 18.4. The van der Waals surface area contributed by atoms with Crippen LogP contribution in [0.25, 0.3) is 142 Å². The van der Waals surface area contributed by atoms with E-state index in [1.54, 1.807) is 6.26 Å². The van der Waals surface area contributed by atoms with Gasteiger partial charge in [0.1, 0.15) is 0 Å². The van der Waals surface area contributed by atoms with Crippen molar-refractivity contribution in [3.63, 3.8) is 0 Å². The van der Waals surface area contributed by atoms with E-state index in [0.29, 0.717) is 0 Å². The van der Waals surface area contributed by atoms with E-state index in [-0.39, 0.29) is 0 Å². The molecule has 0 amide bonds. The molecule has 0 N–H and O–H groups in total. The fourth-order valence-electron chi connectivity index (χ4n) is 12.2. The third-order valence-corrected chi connectivity index (χ3v) is 15.0. The van der Waals surface area contributed by atoms with Crippen LogP contribution in [0.15, 0.2) is 235 Å². The van der Waals surface area contributed by atoms with Gasteiger partial charge in [0.05, 0.1) is 67.5 Å². The zero-order valence-electron chi connectivity index (χ0n) is 37.1. The van der Waals surface area contributed by atoms with Crippen molar-refractivity contribution < 1.29 is 4.42 Å². The minimum Gasteiger partial charge on any atom is -0.462 e. The summed E-state index contributed by atoms with van der Waals surface area (Å²) in [6.07, 6.45) is 1.80. The van der Waals surface area contributed by atoms with Crippen LogP contribution in [-0.2, 0) is 0 Å². The second-order valence-corrected chi connectivity index (χ2v) is 18.4. The van der Waals surface area contributed by atoms with Gasteiger partial charge in [0, 0.05) is 64.9 Å². The molecule has 0 aliphatic heterocycles. The summed E-state index contributed by atoms with van der Waals surface area (Å²) < 4.78 is 16.2. The van der Waals surface area contributed by atoms with E-state index in [1.807, 2.05) is 0 Å². The first kappa shape index (κ1) is 36.8. The predicted octanol–water partition coefficient (Wildman–Crippen LogP) is 17.1. The molecule has 320 valence electrons. The van der Waals surface area contributed by atoms with E-state index in [9.17, 15) is 0 Å². The SMILES string of the molecule is c1ccc2cc(-n3c4ccccc4c4ccc5c6ccccc6n(-c6ccc(-n7c8ccccc8c8c7ccc7c9ccccc9n(-c9cccc%10ccoc9%10)c78)c7ccccc67)c5c43)ccc2c1. The predicted molar refractivity (Wildman–Crippen MR) is 289 cm³/mol. The third kappa shape index (κ3) is 4.87. The van der Waals surface area contributed by atoms with Crippen LogP contribution in [0.4, 0.5) is 0 Å². The number of hydrogen-bond acceptors (Lipinski definition) is 1. The van der Waals surface area contributed by atoms with Crippen LogP contribution in [0.5, 0.6) is 0 Å². The number of hydrogen-bond donors (Lipinski definition) is 0. The molecule has 5 aromatic heterocycles. The lowest BCUT2D eigenvalue weighted by Crippen LogP contribution is -2.01. The molecule has 5 heterocycles. The van der Waals surface area contributed by atoms with E-state index in [4.69, 9.17) is 4.42 Å². The van der Waals surface area contributed by atoms with Crippen molar-refractivity contribution in [1.82, 2.24) is 18.3 Å². The Hall–Kier alpha value is -9.32. The van der Waals surface area contributed by atoms with Gasteiger partial charge in [0.15, 0.2) is 5.58 Å². The number of nitrogens with zero attached hydrogens (tertiary/aromatic N) is 4. The lowest BCUT2D eigenvalue weighted by molar-refractivity contribution is 0.614. The number of rotatable bonds is 4. The lowest BCUT2D eigenvalue weighted by atomic mass is 10.1. The molecule has 0 aliphatic rings. The summed E-state index contributed by atoms with van der Waals surface area (Å²) in [5.41, 5.74) is 14.7. The van der Waals surface area contributed by atoms with E-state index in [2.05, 4.69) is 243 Å². The van der Waals surface area contributed by atoms with E-state index >= 15 is 0 Å². The van der Waals surface area contributed by atoms with Gasteiger partial charge in [-0.15, -0.1) is 0 Å². The molecule has 5 nitrogen and oxygen atoms in total. The average Bonchev–Trinajstić information content (AvgIpc) is 4.24. The summed E-state index contributed by atoms with van der Waals surface area (Å²) in [5.74, 6) is 0. The second kappa shape index (κ2) is 13.6. The smallest absolute Gasteiger partial charge is 0.157 e. The first-order valence-electron chi connectivity index (χ1n) is 23.7. The zero-order valence-corrected chi connectivity index (χ0v) is 37.1. The van der Waals surface area contributed by atoms with Crippen molar-refractivity contribution in [1.29, 1.82) is 0 Å². The molecule has 11 aromatic carbocycles. The maximum Gasteiger partial charge on any atom is 0.157 e. The Morgan fingerprint density at radius 1 is 0.261 bits per heavy atom. The molecule has 0 saturated carbocycles. The lowest BCUT2D eigenvalue weighted by Gasteiger charge is -2.18. The fourth-order valence-corrected chi connectivity index (χ4v) is 12.2. The monoisotopic (exact) mass is 878 g/mol. The highest BCUT2D eigenvalue weighted by atomic mass is 16.3. The number of fused-ring (bicyclic) bond motifs is 17. The van der Waals surface area contributed by atoms with Crippen LogP contribution in [-0.4, -0.2) is 18.3 Å². The van der Waals surface area contributed by atoms with E-state index in [0.717, 1.165) is 50.3 Å². The fraction of sp³-hybridized carbons (Fsp3) is 0. The average molecular weight is 879 g/mol. The third-order valence-electron chi connectivity index (χ3n) is 15.0. The molecular formula is C64H38N4O. The molecule has 0 spiro atoms. The standard InChI is InChI=1S/C64H38N4O/c1-2-15-41-38-42(29-28-39(41)14-1)65-52-23-9-5-20-46(52)49-30-31-50-47-21-7-10-24-53(47)67(63(50)62(49)65)57-35-34-56(43-17-3-4-18-44(43)57)66-55-26-12-8-22-51(55)60-58(66)33-32-48-45-19-6-11-25-54(45)68(61(48)60)59-27-13-16-40-36-37-69-64(40)59/h1-38H. The van der Waals surface area contributed by atoms with Crippen molar-refractivity contribution in [2.45, 2.75) is 0 Å².